The van der Waals surface area contributed by atoms with Crippen molar-refractivity contribution < 1.29 is 8.78 Å². The van der Waals surface area contributed by atoms with E-state index >= 15 is 0 Å². The van der Waals surface area contributed by atoms with Crippen LogP contribution in [-0.4, -0.2) is 44.6 Å². The van der Waals surface area contributed by atoms with Crippen LogP contribution in [0.5, 0.6) is 0 Å². The van der Waals surface area contributed by atoms with E-state index < -0.39 is 6.43 Å². The summed E-state index contributed by atoms with van der Waals surface area (Å²) in [5.41, 5.74) is 0. The third-order valence-corrected chi connectivity index (χ3v) is 1.34. The van der Waals surface area contributed by atoms with Crippen molar-refractivity contribution in [2.75, 3.05) is 33.2 Å². The number of piperazine rings is 1. The Balaban J connectivity index is 0.000000218. The van der Waals surface area contributed by atoms with E-state index in [1.807, 2.05) is 0 Å². The van der Waals surface area contributed by atoms with Crippen LogP contribution in [-0.2, 0) is 0 Å². The smallest absolute Gasteiger partial charge is 0.235 e. The van der Waals surface area contributed by atoms with Gasteiger partial charge in [0.1, 0.15) is 0 Å². The van der Waals surface area contributed by atoms with Crippen LogP contribution in [0.25, 0.3) is 0 Å². The highest BCUT2D eigenvalue weighted by molar-refractivity contribution is 4.62. The highest BCUT2D eigenvalue weighted by Gasteiger charge is 2.01. The third-order valence-electron chi connectivity index (χ3n) is 1.34. The Labute approximate surface area is 66.6 Å². The van der Waals surface area contributed by atoms with Crippen LogP contribution in [0.4, 0.5) is 8.78 Å². The fourth-order valence-corrected chi connectivity index (χ4v) is 0.777. The van der Waals surface area contributed by atoms with Gasteiger partial charge in [0, 0.05) is 26.2 Å². The van der Waals surface area contributed by atoms with Gasteiger partial charge in [-0.1, -0.05) is 0 Å². The van der Waals surface area contributed by atoms with E-state index in [-0.39, 0.29) is 0 Å². The molecule has 0 aromatic carbocycles. The van der Waals surface area contributed by atoms with Gasteiger partial charge in [-0.15, -0.1) is 0 Å². The molecular formula is C7H16F2N2. The van der Waals surface area contributed by atoms with Gasteiger partial charge in [-0.2, -0.15) is 0 Å². The molecular weight excluding hydrogens is 150 g/mol. The SMILES string of the molecule is CC(F)F.CN1CCNCC1. The zero-order valence-corrected chi connectivity index (χ0v) is 7.11. The van der Waals surface area contributed by atoms with Gasteiger partial charge >= 0.3 is 0 Å². The van der Waals surface area contributed by atoms with E-state index in [0.717, 1.165) is 20.0 Å². The first-order valence-electron chi connectivity index (χ1n) is 3.80. The molecule has 1 N–H and O–H groups in total. The summed E-state index contributed by atoms with van der Waals surface area (Å²) in [5.74, 6) is 0. The van der Waals surface area contributed by atoms with Crippen molar-refractivity contribution in [1.29, 1.82) is 0 Å². The number of hydrogen-bond donors (Lipinski definition) is 1. The molecule has 11 heavy (non-hydrogen) atoms. The molecule has 0 radical (unpaired) electrons. The zero-order valence-electron chi connectivity index (χ0n) is 7.11. The summed E-state index contributed by atoms with van der Waals surface area (Å²) in [6.45, 7) is 5.58. The van der Waals surface area contributed by atoms with Gasteiger partial charge in [-0.25, -0.2) is 8.78 Å². The lowest BCUT2D eigenvalue weighted by Gasteiger charge is -2.21. The van der Waals surface area contributed by atoms with Crippen LogP contribution in [0.3, 0.4) is 0 Å². The summed E-state index contributed by atoms with van der Waals surface area (Å²) in [6.07, 6.45) is -2.17. The molecule has 1 heterocycles. The second kappa shape index (κ2) is 6.49. The van der Waals surface area contributed by atoms with Crippen molar-refractivity contribution in [3.63, 3.8) is 0 Å². The second-order valence-corrected chi connectivity index (χ2v) is 2.57. The molecule has 0 amide bonds. The quantitative estimate of drug-likeness (QED) is 0.572. The molecule has 0 aromatic rings. The lowest BCUT2D eigenvalue weighted by Crippen LogP contribution is -2.40. The average Bonchev–Trinajstić information content (AvgIpc) is 1.87. The van der Waals surface area contributed by atoms with Crippen molar-refractivity contribution in [2.45, 2.75) is 13.3 Å². The molecule has 1 aliphatic rings. The Morgan fingerprint density at radius 3 is 1.82 bits per heavy atom. The number of alkyl halides is 2. The number of likely N-dealkylation sites (N-methyl/N-ethyl adjacent to an activating group) is 1. The maximum atomic E-state index is 10.3. The molecule has 0 unspecified atom stereocenters. The van der Waals surface area contributed by atoms with E-state index in [2.05, 4.69) is 17.3 Å². The Hall–Kier alpha value is -0.220. The lowest BCUT2D eigenvalue weighted by molar-refractivity contribution is 0.171. The summed E-state index contributed by atoms with van der Waals surface area (Å²) < 4.78 is 20.7. The molecule has 1 saturated heterocycles. The molecule has 0 aliphatic carbocycles. The summed E-state index contributed by atoms with van der Waals surface area (Å²) in [6, 6.07) is 0. The van der Waals surface area contributed by atoms with Crippen molar-refractivity contribution >= 4 is 0 Å². The molecule has 4 heteroatoms. The molecule has 1 rings (SSSR count). The maximum absolute atomic E-state index is 10.3. The molecule has 1 fully saturated rings. The van der Waals surface area contributed by atoms with Crippen LogP contribution in [0, 0.1) is 0 Å². The minimum Gasteiger partial charge on any atom is -0.314 e. The van der Waals surface area contributed by atoms with Crippen molar-refractivity contribution in [1.82, 2.24) is 10.2 Å². The predicted molar refractivity (Wildman–Crippen MR) is 42.0 cm³/mol. The maximum Gasteiger partial charge on any atom is 0.235 e. The van der Waals surface area contributed by atoms with Crippen molar-refractivity contribution in [2.24, 2.45) is 0 Å². The fourth-order valence-electron chi connectivity index (χ4n) is 0.777. The van der Waals surface area contributed by atoms with E-state index in [9.17, 15) is 8.78 Å². The number of halogens is 2. The number of hydrogen-bond acceptors (Lipinski definition) is 2. The average molecular weight is 166 g/mol. The van der Waals surface area contributed by atoms with Gasteiger partial charge in [-0.3, -0.25) is 0 Å². The number of nitrogens with zero attached hydrogens (tertiary/aromatic N) is 1. The van der Waals surface area contributed by atoms with Gasteiger partial charge in [0.15, 0.2) is 0 Å². The highest BCUT2D eigenvalue weighted by atomic mass is 19.3. The molecule has 1 aliphatic heterocycles. The molecule has 2 nitrogen and oxygen atoms in total. The zero-order chi connectivity index (χ0) is 8.69. The third kappa shape index (κ3) is 9.78. The Morgan fingerprint density at radius 1 is 1.27 bits per heavy atom. The Morgan fingerprint density at radius 2 is 1.64 bits per heavy atom. The number of nitrogens with one attached hydrogen (secondary N) is 1. The summed E-state index contributed by atoms with van der Waals surface area (Å²) in [5, 5.41) is 3.27. The second-order valence-electron chi connectivity index (χ2n) is 2.57. The minimum absolute atomic E-state index is 0.833. The van der Waals surface area contributed by atoms with Gasteiger partial charge < -0.3 is 10.2 Å². The van der Waals surface area contributed by atoms with E-state index in [1.54, 1.807) is 0 Å². The van der Waals surface area contributed by atoms with Gasteiger partial charge in [-0.05, 0) is 14.0 Å². The van der Waals surface area contributed by atoms with Crippen LogP contribution < -0.4 is 5.32 Å². The van der Waals surface area contributed by atoms with Gasteiger partial charge in [0.25, 0.3) is 0 Å². The highest BCUT2D eigenvalue weighted by Crippen LogP contribution is 1.83. The molecule has 0 aromatic heterocycles. The molecule has 0 atom stereocenters. The first kappa shape index (κ1) is 10.8. The van der Waals surface area contributed by atoms with Gasteiger partial charge in [0.2, 0.25) is 6.43 Å². The van der Waals surface area contributed by atoms with Crippen LogP contribution in [0.2, 0.25) is 0 Å². The predicted octanol–water partition coefficient (Wildman–Crippen LogP) is 0.793. The molecule has 0 bridgehead atoms. The van der Waals surface area contributed by atoms with E-state index in [1.165, 1.54) is 13.1 Å². The minimum atomic E-state index is -2.17. The van der Waals surface area contributed by atoms with Crippen molar-refractivity contribution in [3.05, 3.63) is 0 Å². The fraction of sp³-hybridized carbons (Fsp3) is 1.00. The van der Waals surface area contributed by atoms with Gasteiger partial charge in [0.05, 0.1) is 0 Å². The summed E-state index contributed by atoms with van der Waals surface area (Å²) in [4.78, 5) is 2.33. The normalized spacial score (nSPS) is 19.4. The Bertz CT molecular complexity index is 79.8. The van der Waals surface area contributed by atoms with Crippen LogP contribution in [0.15, 0.2) is 0 Å². The first-order valence-corrected chi connectivity index (χ1v) is 3.80. The standard InChI is InChI=1S/C5H12N2.C2H4F2/c1-7-4-2-6-3-5-7;1-2(3)4/h6H,2-5H2,1H3;2H,1H3. The monoisotopic (exact) mass is 166 g/mol. The largest absolute Gasteiger partial charge is 0.314 e. The summed E-state index contributed by atoms with van der Waals surface area (Å²) in [7, 11) is 2.15. The molecule has 0 spiro atoms. The molecule has 0 saturated carbocycles. The van der Waals surface area contributed by atoms with E-state index in [4.69, 9.17) is 0 Å². The lowest BCUT2D eigenvalue weighted by atomic mass is 10.4. The number of rotatable bonds is 0. The topological polar surface area (TPSA) is 15.3 Å². The van der Waals surface area contributed by atoms with Crippen LogP contribution >= 0.6 is 0 Å². The Kier molecular flexibility index (Phi) is 6.36. The van der Waals surface area contributed by atoms with Crippen molar-refractivity contribution in [3.8, 4) is 0 Å². The van der Waals surface area contributed by atoms with E-state index in [0.29, 0.717) is 0 Å². The van der Waals surface area contributed by atoms with Crippen LogP contribution in [0.1, 0.15) is 6.92 Å². The molecule has 68 valence electrons. The summed E-state index contributed by atoms with van der Waals surface area (Å²) >= 11 is 0. The first-order chi connectivity index (χ1) is 5.13.